The van der Waals surface area contributed by atoms with Crippen molar-refractivity contribution in [1.29, 1.82) is 5.26 Å². The van der Waals surface area contributed by atoms with Gasteiger partial charge in [0.05, 0.1) is 5.69 Å². The number of aliphatic hydroxyl groups is 1. The number of hydrogen-bond acceptors (Lipinski definition) is 4. The summed E-state index contributed by atoms with van der Waals surface area (Å²) in [5.41, 5.74) is 5.91. The number of nitrogens with zero attached hydrogens (tertiary/aromatic N) is 3. The Morgan fingerprint density at radius 1 is 1.29 bits per heavy atom. The van der Waals surface area contributed by atoms with Gasteiger partial charge in [0.2, 0.25) is 0 Å². The maximum Gasteiger partial charge on any atom is 0.270 e. The number of fused-ring (bicyclic) bond motifs is 3. The normalized spacial score (nSPS) is 16.7. The minimum absolute atomic E-state index is 0.108. The molecule has 154 valence electrons. The molecule has 3 aromatic rings. The van der Waals surface area contributed by atoms with Gasteiger partial charge in [0.25, 0.3) is 5.91 Å². The number of amides is 1. The van der Waals surface area contributed by atoms with Gasteiger partial charge in [-0.05, 0) is 48.6 Å². The first-order chi connectivity index (χ1) is 15.0. The van der Waals surface area contributed by atoms with E-state index >= 15 is 0 Å². The number of anilines is 1. The molecule has 2 aliphatic carbocycles. The second-order valence-corrected chi connectivity index (χ2v) is 8.29. The Labute approximate surface area is 184 Å². The monoisotopic (exact) mass is 430 g/mol. The predicted octanol–water partition coefficient (Wildman–Crippen LogP) is 4.95. The molecule has 0 spiro atoms. The molecule has 0 radical (unpaired) electrons. The molecular weight excluding hydrogens is 412 g/mol. The Hall–Kier alpha value is -3.56. The smallest absolute Gasteiger partial charge is 0.270 e. The summed E-state index contributed by atoms with van der Waals surface area (Å²) in [4.78, 5) is 12.8. The van der Waals surface area contributed by atoms with Crippen molar-refractivity contribution >= 4 is 29.0 Å². The molecule has 1 heterocycles. The number of halogens is 1. The molecular formula is C24H19ClN4O2. The summed E-state index contributed by atoms with van der Waals surface area (Å²) in [6, 6.07) is 14.7. The molecule has 6 nitrogen and oxygen atoms in total. The van der Waals surface area contributed by atoms with Gasteiger partial charge in [-0.1, -0.05) is 35.9 Å². The number of rotatable bonds is 3. The van der Waals surface area contributed by atoms with Crippen molar-refractivity contribution < 1.29 is 9.90 Å². The molecule has 1 amide bonds. The number of aryl methyl sites for hydroxylation is 2. The Kier molecular flexibility index (Phi) is 4.57. The van der Waals surface area contributed by atoms with Crippen LogP contribution >= 0.6 is 11.6 Å². The van der Waals surface area contributed by atoms with Crippen molar-refractivity contribution in [3.63, 3.8) is 0 Å². The standard InChI is InChI=1S/C24H19ClN4O2/c1-29-22-17-10-3-6-13-5-2-9-16(19(13)17)20(22)21(28-29)23(30)18(12-26)24(31)27-15-8-4-7-14(25)11-15/h3-4,6-8,10-11,16,30H,2,5,9H2,1H3,(H,27,31). The van der Waals surface area contributed by atoms with E-state index in [0.717, 1.165) is 36.1 Å². The molecule has 0 bridgehead atoms. The van der Waals surface area contributed by atoms with Gasteiger partial charge in [-0.25, -0.2) is 0 Å². The first kappa shape index (κ1) is 19.4. The highest BCUT2D eigenvalue weighted by atomic mass is 35.5. The van der Waals surface area contributed by atoms with E-state index in [4.69, 9.17) is 11.6 Å². The van der Waals surface area contributed by atoms with Crippen LogP contribution in [-0.4, -0.2) is 20.8 Å². The zero-order valence-corrected chi connectivity index (χ0v) is 17.6. The number of hydrogen-bond donors (Lipinski definition) is 2. The molecule has 0 saturated carbocycles. The van der Waals surface area contributed by atoms with Gasteiger partial charge >= 0.3 is 0 Å². The van der Waals surface area contributed by atoms with E-state index in [1.165, 1.54) is 11.1 Å². The summed E-state index contributed by atoms with van der Waals surface area (Å²) in [6.45, 7) is 0. The summed E-state index contributed by atoms with van der Waals surface area (Å²) in [5, 5.41) is 28.3. The summed E-state index contributed by atoms with van der Waals surface area (Å²) < 4.78 is 1.73. The van der Waals surface area contributed by atoms with Crippen molar-refractivity contribution in [3.05, 3.63) is 75.4 Å². The number of aromatic nitrogens is 2. The van der Waals surface area contributed by atoms with Gasteiger partial charge in [-0.3, -0.25) is 9.48 Å². The maximum absolute atomic E-state index is 12.8. The fraction of sp³-hybridized carbons (Fsp3) is 0.208. The summed E-state index contributed by atoms with van der Waals surface area (Å²) in [7, 11) is 1.82. The van der Waals surface area contributed by atoms with Crippen LogP contribution in [0.15, 0.2) is 48.0 Å². The maximum atomic E-state index is 12.8. The molecule has 2 aliphatic rings. The van der Waals surface area contributed by atoms with E-state index in [1.807, 2.05) is 19.2 Å². The Morgan fingerprint density at radius 3 is 2.87 bits per heavy atom. The number of aliphatic hydroxyl groups excluding tert-OH is 1. The lowest BCUT2D eigenvalue weighted by molar-refractivity contribution is -0.112. The summed E-state index contributed by atoms with van der Waals surface area (Å²) in [5.74, 6) is -1.00. The van der Waals surface area contributed by atoms with E-state index in [9.17, 15) is 15.2 Å². The fourth-order valence-corrected chi connectivity index (χ4v) is 5.02. The number of benzene rings is 2. The van der Waals surface area contributed by atoms with E-state index < -0.39 is 11.7 Å². The summed E-state index contributed by atoms with van der Waals surface area (Å²) >= 11 is 5.97. The molecule has 1 unspecified atom stereocenters. The Bertz CT molecular complexity index is 1320. The SMILES string of the molecule is Cn1nc(C(O)=C(C#N)C(=O)Nc2cccc(Cl)c2)c2c1-c1cccc3c1C2CCC3. The van der Waals surface area contributed by atoms with Crippen LogP contribution < -0.4 is 5.32 Å². The molecule has 0 saturated heterocycles. The zero-order valence-electron chi connectivity index (χ0n) is 16.8. The molecule has 31 heavy (non-hydrogen) atoms. The Morgan fingerprint density at radius 2 is 2.10 bits per heavy atom. The molecule has 1 aromatic heterocycles. The lowest BCUT2D eigenvalue weighted by atomic mass is 9.81. The Balaban J connectivity index is 1.60. The second kappa shape index (κ2) is 7.29. The van der Waals surface area contributed by atoms with Crippen molar-refractivity contribution in [1.82, 2.24) is 9.78 Å². The average molecular weight is 431 g/mol. The van der Waals surface area contributed by atoms with Crippen molar-refractivity contribution in [2.24, 2.45) is 7.05 Å². The minimum atomic E-state index is -0.707. The number of nitrogens with one attached hydrogen (secondary N) is 1. The largest absolute Gasteiger partial charge is 0.504 e. The lowest BCUT2D eigenvalue weighted by Gasteiger charge is -2.22. The van der Waals surface area contributed by atoms with Gasteiger partial charge < -0.3 is 10.4 Å². The fourth-order valence-electron chi connectivity index (χ4n) is 4.83. The highest BCUT2D eigenvalue weighted by molar-refractivity contribution is 6.31. The van der Waals surface area contributed by atoms with Gasteiger partial charge in [0, 0.05) is 34.8 Å². The third kappa shape index (κ3) is 3.01. The highest BCUT2D eigenvalue weighted by Gasteiger charge is 2.39. The first-order valence-electron chi connectivity index (χ1n) is 10.1. The summed E-state index contributed by atoms with van der Waals surface area (Å²) in [6.07, 6.45) is 3.02. The van der Waals surface area contributed by atoms with Crippen LogP contribution in [0.1, 0.15) is 41.1 Å². The van der Waals surface area contributed by atoms with E-state index in [0.29, 0.717) is 16.4 Å². The van der Waals surface area contributed by atoms with Crippen molar-refractivity contribution in [2.75, 3.05) is 5.32 Å². The van der Waals surface area contributed by atoms with Gasteiger partial charge in [-0.15, -0.1) is 0 Å². The molecule has 2 aromatic carbocycles. The number of carbonyl (C=O) groups excluding carboxylic acids is 1. The van der Waals surface area contributed by atoms with E-state index in [-0.39, 0.29) is 11.5 Å². The highest BCUT2D eigenvalue weighted by Crippen LogP contribution is 2.52. The van der Waals surface area contributed by atoms with Crippen LogP contribution in [0.4, 0.5) is 5.69 Å². The molecule has 1 atom stereocenters. The van der Waals surface area contributed by atoms with Crippen LogP contribution in [-0.2, 0) is 18.3 Å². The molecule has 0 fully saturated rings. The number of carbonyl (C=O) groups is 1. The van der Waals surface area contributed by atoms with Gasteiger partial charge in [0.1, 0.15) is 11.8 Å². The van der Waals surface area contributed by atoms with Crippen LogP contribution in [0.5, 0.6) is 0 Å². The number of nitriles is 1. The average Bonchev–Trinajstić information content (AvgIpc) is 3.27. The third-order valence-corrected chi connectivity index (χ3v) is 6.29. The topological polar surface area (TPSA) is 90.9 Å². The molecule has 2 N–H and O–H groups in total. The minimum Gasteiger partial charge on any atom is -0.504 e. The molecule has 0 aliphatic heterocycles. The first-order valence-corrected chi connectivity index (χ1v) is 10.5. The molecule has 5 rings (SSSR count). The zero-order chi connectivity index (χ0) is 21.7. The van der Waals surface area contributed by atoms with Crippen molar-refractivity contribution in [3.8, 4) is 17.3 Å². The van der Waals surface area contributed by atoms with Crippen LogP contribution in [0, 0.1) is 11.3 Å². The third-order valence-electron chi connectivity index (χ3n) is 6.05. The van der Waals surface area contributed by atoms with Gasteiger partial charge in [-0.2, -0.15) is 10.4 Å². The van der Waals surface area contributed by atoms with Crippen molar-refractivity contribution in [2.45, 2.75) is 25.2 Å². The van der Waals surface area contributed by atoms with E-state index in [2.05, 4.69) is 22.5 Å². The second-order valence-electron chi connectivity index (χ2n) is 7.86. The molecule has 7 heteroatoms. The quantitative estimate of drug-likeness (QED) is 0.349. The lowest BCUT2D eigenvalue weighted by Crippen LogP contribution is -2.16. The predicted molar refractivity (Wildman–Crippen MR) is 119 cm³/mol. The van der Waals surface area contributed by atoms with Crippen LogP contribution in [0.25, 0.3) is 17.0 Å². The van der Waals surface area contributed by atoms with E-state index in [1.54, 1.807) is 28.9 Å². The van der Waals surface area contributed by atoms with Crippen LogP contribution in [0.2, 0.25) is 5.02 Å². The van der Waals surface area contributed by atoms with Crippen LogP contribution in [0.3, 0.4) is 0 Å². The van der Waals surface area contributed by atoms with Gasteiger partial charge in [0.15, 0.2) is 11.3 Å².